The fourth-order valence-corrected chi connectivity index (χ4v) is 4.30. The lowest BCUT2D eigenvalue weighted by molar-refractivity contribution is 0.0420. The molecule has 1 aliphatic heterocycles. The molecule has 0 bridgehead atoms. The molecule has 0 saturated carbocycles. The first kappa shape index (κ1) is 19.0. The molecule has 4 heteroatoms. The summed E-state index contributed by atoms with van der Waals surface area (Å²) in [5.74, 6) is 0.560. The van der Waals surface area contributed by atoms with Gasteiger partial charge in [-0.2, -0.15) is 0 Å². The van der Waals surface area contributed by atoms with Crippen LogP contribution in [0, 0.1) is 11.3 Å². The van der Waals surface area contributed by atoms with Crippen LogP contribution in [0.2, 0.25) is 0 Å². The molecule has 1 fully saturated rings. The number of unbranched alkanes of at least 4 members (excludes halogenated alkanes) is 5. The maximum Gasteiger partial charge on any atom is 0.211 e. The minimum Gasteiger partial charge on any atom is -0.213 e. The zero-order valence-electron chi connectivity index (χ0n) is 14.5. The van der Waals surface area contributed by atoms with Crippen molar-refractivity contribution in [2.45, 2.75) is 78.6 Å². The van der Waals surface area contributed by atoms with Gasteiger partial charge in [-0.25, -0.2) is 12.7 Å². The Bertz CT molecular complexity index is 388. The van der Waals surface area contributed by atoms with Crippen LogP contribution in [0.3, 0.4) is 0 Å². The van der Waals surface area contributed by atoms with Crippen molar-refractivity contribution in [3.63, 3.8) is 0 Å². The summed E-state index contributed by atoms with van der Waals surface area (Å²) < 4.78 is 24.8. The summed E-state index contributed by atoms with van der Waals surface area (Å²) in [7, 11) is -2.98. The van der Waals surface area contributed by atoms with Crippen LogP contribution >= 0.6 is 0 Å². The molecule has 126 valence electrons. The molecule has 0 aliphatic carbocycles. The largest absolute Gasteiger partial charge is 0.213 e. The van der Waals surface area contributed by atoms with Gasteiger partial charge in [-0.3, -0.25) is 0 Å². The number of hydrogen-bond acceptors (Lipinski definition) is 2. The predicted molar refractivity (Wildman–Crippen MR) is 90.9 cm³/mol. The number of hydrogen-bond donors (Lipinski definition) is 0. The maximum atomic E-state index is 11.6. The Morgan fingerprint density at radius 2 is 1.48 bits per heavy atom. The zero-order valence-corrected chi connectivity index (χ0v) is 15.3. The number of rotatable bonds is 11. The van der Waals surface area contributed by atoms with Crippen molar-refractivity contribution in [3.05, 3.63) is 0 Å². The molecule has 1 unspecified atom stereocenters. The quantitative estimate of drug-likeness (QED) is 0.528. The summed E-state index contributed by atoms with van der Waals surface area (Å²) >= 11 is 0. The molecular formula is C17H35NO2S. The van der Waals surface area contributed by atoms with Crippen molar-refractivity contribution in [1.29, 1.82) is 0 Å². The summed E-state index contributed by atoms with van der Waals surface area (Å²) in [6.45, 7) is 8.37. The topological polar surface area (TPSA) is 37.4 Å². The van der Waals surface area contributed by atoms with E-state index >= 15 is 0 Å². The minimum atomic E-state index is -2.98. The fourth-order valence-electron chi connectivity index (χ4n) is 3.40. The Morgan fingerprint density at radius 1 is 0.952 bits per heavy atom. The molecule has 1 rings (SSSR count). The average Bonchev–Trinajstić information content (AvgIpc) is 2.32. The van der Waals surface area contributed by atoms with E-state index in [1.54, 1.807) is 4.31 Å². The molecule has 0 N–H and O–H groups in total. The highest BCUT2D eigenvalue weighted by molar-refractivity contribution is 7.88. The Kier molecular flexibility index (Phi) is 7.69. The molecule has 0 aromatic rings. The third-order valence-corrected chi connectivity index (χ3v) is 6.49. The van der Waals surface area contributed by atoms with E-state index in [9.17, 15) is 8.42 Å². The van der Waals surface area contributed by atoms with Crippen LogP contribution in [0.25, 0.3) is 0 Å². The van der Waals surface area contributed by atoms with Gasteiger partial charge < -0.3 is 0 Å². The van der Waals surface area contributed by atoms with Gasteiger partial charge in [0.25, 0.3) is 0 Å². The SMILES string of the molecule is CCCCCCCC(C)(CCCC)C1CN(S(C)(=O)=O)C1. The van der Waals surface area contributed by atoms with Crippen molar-refractivity contribution in [1.82, 2.24) is 4.31 Å². The van der Waals surface area contributed by atoms with E-state index in [1.807, 2.05) is 0 Å². The van der Waals surface area contributed by atoms with E-state index < -0.39 is 10.0 Å². The molecule has 0 spiro atoms. The normalized spacial score (nSPS) is 20.2. The monoisotopic (exact) mass is 317 g/mol. The van der Waals surface area contributed by atoms with E-state index in [0.29, 0.717) is 11.3 Å². The first-order chi connectivity index (χ1) is 9.83. The zero-order chi connectivity index (χ0) is 15.9. The second-order valence-corrected chi connectivity index (χ2v) is 9.18. The molecule has 3 nitrogen and oxygen atoms in total. The number of sulfonamides is 1. The van der Waals surface area contributed by atoms with Crippen LogP contribution in [-0.4, -0.2) is 32.1 Å². The molecule has 21 heavy (non-hydrogen) atoms. The summed E-state index contributed by atoms with van der Waals surface area (Å²) in [6.07, 6.45) is 13.0. The minimum absolute atomic E-state index is 0.337. The van der Waals surface area contributed by atoms with Gasteiger partial charge in [-0.05, 0) is 24.2 Å². The van der Waals surface area contributed by atoms with Crippen LogP contribution in [-0.2, 0) is 10.0 Å². The molecule has 0 aromatic carbocycles. The Balaban J connectivity index is 2.47. The molecule has 1 aliphatic rings. The van der Waals surface area contributed by atoms with Crippen molar-refractivity contribution in [3.8, 4) is 0 Å². The van der Waals surface area contributed by atoms with E-state index in [1.165, 1.54) is 64.0 Å². The van der Waals surface area contributed by atoms with Gasteiger partial charge in [-0.1, -0.05) is 65.7 Å². The van der Waals surface area contributed by atoms with Crippen LogP contribution in [0.5, 0.6) is 0 Å². The van der Waals surface area contributed by atoms with Crippen LogP contribution in [0.4, 0.5) is 0 Å². The van der Waals surface area contributed by atoms with Gasteiger partial charge >= 0.3 is 0 Å². The van der Waals surface area contributed by atoms with Gasteiger partial charge in [0.2, 0.25) is 10.0 Å². The average molecular weight is 318 g/mol. The predicted octanol–water partition coefficient (Wildman–Crippen LogP) is 4.43. The third-order valence-electron chi connectivity index (χ3n) is 5.26. The Labute approximate surface area is 132 Å². The van der Waals surface area contributed by atoms with Crippen molar-refractivity contribution < 1.29 is 8.42 Å². The van der Waals surface area contributed by atoms with E-state index in [2.05, 4.69) is 20.8 Å². The second kappa shape index (κ2) is 8.52. The summed E-state index contributed by atoms with van der Waals surface area (Å²) in [5.41, 5.74) is 0.337. The van der Waals surface area contributed by atoms with Crippen molar-refractivity contribution >= 4 is 10.0 Å². The maximum absolute atomic E-state index is 11.6. The van der Waals surface area contributed by atoms with Crippen LogP contribution in [0.1, 0.15) is 78.6 Å². The van der Waals surface area contributed by atoms with E-state index in [-0.39, 0.29) is 0 Å². The van der Waals surface area contributed by atoms with Crippen LogP contribution < -0.4 is 0 Å². The molecular weight excluding hydrogens is 282 g/mol. The van der Waals surface area contributed by atoms with Gasteiger partial charge in [-0.15, -0.1) is 0 Å². The van der Waals surface area contributed by atoms with Crippen LogP contribution in [0.15, 0.2) is 0 Å². The summed E-state index contributed by atoms with van der Waals surface area (Å²) in [5, 5.41) is 0. The lowest BCUT2D eigenvalue weighted by Crippen LogP contribution is -2.55. The Hall–Kier alpha value is -0.0900. The molecule has 0 amide bonds. The highest BCUT2D eigenvalue weighted by Crippen LogP contribution is 2.43. The summed E-state index contributed by atoms with van der Waals surface area (Å²) in [4.78, 5) is 0. The van der Waals surface area contributed by atoms with Gasteiger partial charge in [0.1, 0.15) is 0 Å². The molecule has 1 heterocycles. The van der Waals surface area contributed by atoms with E-state index in [4.69, 9.17) is 0 Å². The third kappa shape index (κ3) is 5.90. The second-order valence-electron chi connectivity index (χ2n) is 7.20. The highest BCUT2D eigenvalue weighted by Gasteiger charge is 2.43. The van der Waals surface area contributed by atoms with E-state index in [0.717, 1.165) is 13.1 Å². The highest BCUT2D eigenvalue weighted by atomic mass is 32.2. The lowest BCUT2D eigenvalue weighted by Gasteiger charge is -2.48. The first-order valence-electron chi connectivity index (χ1n) is 8.78. The smallest absolute Gasteiger partial charge is 0.211 e. The first-order valence-corrected chi connectivity index (χ1v) is 10.6. The summed E-state index contributed by atoms with van der Waals surface area (Å²) in [6, 6.07) is 0. The Morgan fingerprint density at radius 3 is 2.00 bits per heavy atom. The van der Waals surface area contributed by atoms with Gasteiger partial charge in [0, 0.05) is 13.1 Å². The fraction of sp³-hybridized carbons (Fsp3) is 1.00. The molecule has 0 radical (unpaired) electrons. The van der Waals surface area contributed by atoms with Gasteiger partial charge in [0.05, 0.1) is 6.26 Å². The van der Waals surface area contributed by atoms with Crippen molar-refractivity contribution in [2.75, 3.05) is 19.3 Å². The number of nitrogens with zero attached hydrogens (tertiary/aromatic N) is 1. The standard InChI is InChI=1S/C17H35NO2S/c1-5-7-9-10-11-13-17(3,12-8-6-2)16-14-18(15-16)21(4,19)20/h16H,5-15H2,1-4H3. The molecule has 0 aromatic heterocycles. The lowest BCUT2D eigenvalue weighted by atomic mass is 9.67. The van der Waals surface area contributed by atoms with Gasteiger partial charge in [0.15, 0.2) is 0 Å². The molecule has 1 saturated heterocycles. The molecule has 1 atom stereocenters. The van der Waals surface area contributed by atoms with Crippen molar-refractivity contribution in [2.24, 2.45) is 11.3 Å².